The number of benzene rings is 1. The molecule has 0 radical (unpaired) electrons. The van der Waals surface area contributed by atoms with Crippen molar-refractivity contribution in [3.8, 4) is 0 Å². The van der Waals surface area contributed by atoms with Crippen LogP contribution >= 0.6 is 24.0 Å². The van der Waals surface area contributed by atoms with E-state index in [9.17, 15) is 0 Å². The van der Waals surface area contributed by atoms with Crippen molar-refractivity contribution in [1.29, 1.82) is 0 Å². The number of fused-ring (bicyclic) bond motifs is 1. The van der Waals surface area contributed by atoms with Crippen molar-refractivity contribution >= 4 is 29.9 Å². The van der Waals surface area contributed by atoms with Gasteiger partial charge < -0.3 is 15.4 Å². The summed E-state index contributed by atoms with van der Waals surface area (Å²) in [4.78, 5) is 6.60. The molecular formula is C15H22IN3O. The molecule has 1 aromatic carbocycles. The van der Waals surface area contributed by atoms with Crippen molar-refractivity contribution in [2.45, 2.75) is 25.8 Å². The average molecular weight is 387 g/mol. The minimum Gasteiger partial charge on any atom is -0.378 e. The van der Waals surface area contributed by atoms with Gasteiger partial charge >= 0.3 is 0 Å². The van der Waals surface area contributed by atoms with Crippen molar-refractivity contribution in [2.75, 3.05) is 26.3 Å². The first-order chi connectivity index (χ1) is 9.33. The Balaban J connectivity index is 0.00000147. The van der Waals surface area contributed by atoms with Gasteiger partial charge in [-0.2, -0.15) is 0 Å². The van der Waals surface area contributed by atoms with Gasteiger partial charge in [0.1, 0.15) is 0 Å². The second kappa shape index (κ2) is 7.26. The summed E-state index contributed by atoms with van der Waals surface area (Å²) in [5.74, 6) is 0.642. The van der Waals surface area contributed by atoms with Gasteiger partial charge in [0.05, 0.1) is 19.8 Å². The van der Waals surface area contributed by atoms with Crippen LogP contribution < -0.4 is 5.73 Å². The van der Waals surface area contributed by atoms with Crippen LogP contribution in [0.5, 0.6) is 0 Å². The van der Waals surface area contributed by atoms with Crippen LogP contribution in [-0.4, -0.2) is 37.2 Å². The molecule has 3 rings (SSSR count). The molecule has 5 heteroatoms. The van der Waals surface area contributed by atoms with Crippen LogP contribution in [0, 0.1) is 0 Å². The van der Waals surface area contributed by atoms with Crippen LogP contribution in [0.2, 0.25) is 0 Å². The molecule has 0 bridgehead atoms. The number of rotatable bonds is 2. The SMILES string of the molecule is I.NC(=NCc1ccc2c(c1)CCC2)N1CCOCC1. The van der Waals surface area contributed by atoms with Crippen LogP contribution in [0.3, 0.4) is 0 Å². The van der Waals surface area contributed by atoms with E-state index >= 15 is 0 Å². The van der Waals surface area contributed by atoms with Gasteiger partial charge in [0.2, 0.25) is 0 Å². The standard InChI is InChI=1S/C15H21N3O.HI/c16-15(18-6-8-19-9-7-18)17-11-12-4-5-13-2-1-3-14(13)10-12;/h4-5,10H,1-3,6-9,11H2,(H2,16,17);1H. The van der Waals surface area contributed by atoms with E-state index < -0.39 is 0 Å². The number of nitrogens with two attached hydrogens (primary N) is 1. The highest BCUT2D eigenvalue weighted by Crippen LogP contribution is 2.23. The van der Waals surface area contributed by atoms with Crippen LogP contribution in [0.4, 0.5) is 0 Å². The highest BCUT2D eigenvalue weighted by molar-refractivity contribution is 14.0. The van der Waals surface area contributed by atoms with Gasteiger partial charge in [0, 0.05) is 13.1 Å². The molecule has 4 nitrogen and oxygen atoms in total. The van der Waals surface area contributed by atoms with E-state index in [1.807, 2.05) is 0 Å². The fourth-order valence-electron chi connectivity index (χ4n) is 2.79. The second-order valence-corrected chi connectivity index (χ2v) is 5.23. The van der Waals surface area contributed by atoms with E-state index in [2.05, 4.69) is 28.1 Å². The van der Waals surface area contributed by atoms with E-state index in [4.69, 9.17) is 10.5 Å². The lowest BCUT2D eigenvalue weighted by Crippen LogP contribution is -2.44. The first kappa shape index (κ1) is 15.6. The molecule has 0 saturated carbocycles. The minimum atomic E-state index is 0. The lowest BCUT2D eigenvalue weighted by Gasteiger charge is -2.27. The normalized spacial score (nSPS) is 18.6. The highest BCUT2D eigenvalue weighted by Gasteiger charge is 2.13. The third kappa shape index (κ3) is 3.63. The smallest absolute Gasteiger partial charge is 0.191 e. The third-order valence-corrected chi connectivity index (χ3v) is 3.92. The van der Waals surface area contributed by atoms with Gasteiger partial charge in [0.15, 0.2) is 5.96 Å². The maximum absolute atomic E-state index is 6.03. The van der Waals surface area contributed by atoms with Gasteiger partial charge in [0.25, 0.3) is 0 Å². The number of hydrogen-bond donors (Lipinski definition) is 1. The monoisotopic (exact) mass is 387 g/mol. The molecule has 0 aromatic heterocycles. The molecule has 0 unspecified atom stereocenters. The Bertz CT molecular complexity index is 484. The number of aryl methyl sites for hydroxylation is 2. The minimum absolute atomic E-state index is 0. The molecule has 20 heavy (non-hydrogen) atoms. The molecule has 110 valence electrons. The van der Waals surface area contributed by atoms with E-state index in [1.54, 1.807) is 0 Å². The zero-order valence-corrected chi connectivity index (χ0v) is 14.0. The maximum atomic E-state index is 6.03. The Morgan fingerprint density at radius 3 is 2.75 bits per heavy atom. The van der Waals surface area contributed by atoms with E-state index in [-0.39, 0.29) is 24.0 Å². The molecule has 1 fully saturated rings. The van der Waals surface area contributed by atoms with E-state index in [0.29, 0.717) is 12.5 Å². The van der Waals surface area contributed by atoms with Crippen molar-refractivity contribution < 1.29 is 4.74 Å². The second-order valence-electron chi connectivity index (χ2n) is 5.23. The van der Waals surface area contributed by atoms with Gasteiger partial charge in [-0.25, -0.2) is 4.99 Å². The predicted octanol–water partition coefficient (Wildman–Crippen LogP) is 1.94. The number of ether oxygens (including phenoxy) is 1. The molecule has 2 N–H and O–H groups in total. The van der Waals surface area contributed by atoms with E-state index in [0.717, 1.165) is 26.3 Å². The molecule has 0 amide bonds. The van der Waals surface area contributed by atoms with Gasteiger partial charge in [-0.1, -0.05) is 18.2 Å². The average Bonchev–Trinajstić information content (AvgIpc) is 2.93. The van der Waals surface area contributed by atoms with Crippen molar-refractivity contribution in [2.24, 2.45) is 10.7 Å². The summed E-state index contributed by atoms with van der Waals surface area (Å²) in [6, 6.07) is 6.72. The molecule has 1 aliphatic heterocycles. The van der Waals surface area contributed by atoms with Gasteiger partial charge in [-0.15, -0.1) is 24.0 Å². The number of hydrogen-bond acceptors (Lipinski definition) is 2. The summed E-state index contributed by atoms with van der Waals surface area (Å²) < 4.78 is 5.31. The summed E-state index contributed by atoms with van der Waals surface area (Å²) >= 11 is 0. The lowest BCUT2D eigenvalue weighted by atomic mass is 10.1. The Labute approximate surface area is 137 Å². The van der Waals surface area contributed by atoms with Crippen molar-refractivity contribution in [3.63, 3.8) is 0 Å². The molecule has 0 spiro atoms. The number of aliphatic imine (C=N–C) groups is 1. The third-order valence-electron chi connectivity index (χ3n) is 3.92. The lowest BCUT2D eigenvalue weighted by molar-refractivity contribution is 0.0674. The van der Waals surface area contributed by atoms with Gasteiger partial charge in [-0.05, 0) is 36.0 Å². The number of nitrogens with zero attached hydrogens (tertiary/aromatic N) is 2. The largest absolute Gasteiger partial charge is 0.378 e. The van der Waals surface area contributed by atoms with Crippen molar-refractivity contribution in [3.05, 3.63) is 34.9 Å². The first-order valence-electron chi connectivity index (χ1n) is 7.06. The fourth-order valence-corrected chi connectivity index (χ4v) is 2.79. The van der Waals surface area contributed by atoms with Crippen LogP contribution in [-0.2, 0) is 24.1 Å². The molecule has 2 aliphatic rings. The molecule has 1 heterocycles. The Morgan fingerprint density at radius 1 is 1.20 bits per heavy atom. The first-order valence-corrected chi connectivity index (χ1v) is 7.06. The predicted molar refractivity (Wildman–Crippen MR) is 91.6 cm³/mol. The Morgan fingerprint density at radius 2 is 1.95 bits per heavy atom. The molecule has 0 atom stereocenters. The molecule has 1 aromatic rings. The van der Waals surface area contributed by atoms with Gasteiger partial charge in [-0.3, -0.25) is 0 Å². The van der Waals surface area contributed by atoms with Crippen LogP contribution in [0.15, 0.2) is 23.2 Å². The zero-order chi connectivity index (χ0) is 13.1. The quantitative estimate of drug-likeness (QED) is 0.480. The van der Waals surface area contributed by atoms with Crippen LogP contribution in [0.25, 0.3) is 0 Å². The summed E-state index contributed by atoms with van der Waals surface area (Å²) in [6.45, 7) is 3.86. The maximum Gasteiger partial charge on any atom is 0.191 e. The van der Waals surface area contributed by atoms with Crippen molar-refractivity contribution in [1.82, 2.24) is 4.90 Å². The number of halogens is 1. The molecule has 1 saturated heterocycles. The summed E-state index contributed by atoms with van der Waals surface area (Å²) in [5.41, 5.74) is 10.3. The Kier molecular flexibility index (Phi) is 5.65. The Hall–Kier alpha value is -0.820. The van der Waals surface area contributed by atoms with Crippen LogP contribution in [0.1, 0.15) is 23.1 Å². The summed E-state index contributed by atoms with van der Waals surface area (Å²) in [5, 5.41) is 0. The summed E-state index contributed by atoms with van der Waals surface area (Å²) in [6.07, 6.45) is 3.73. The number of morpholine rings is 1. The molecule has 1 aliphatic carbocycles. The highest BCUT2D eigenvalue weighted by atomic mass is 127. The number of guanidine groups is 1. The zero-order valence-electron chi connectivity index (χ0n) is 11.7. The topological polar surface area (TPSA) is 50.8 Å². The summed E-state index contributed by atoms with van der Waals surface area (Å²) in [7, 11) is 0. The molecular weight excluding hydrogens is 365 g/mol. The fraction of sp³-hybridized carbons (Fsp3) is 0.533. The van der Waals surface area contributed by atoms with E-state index in [1.165, 1.54) is 36.0 Å².